The summed E-state index contributed by atoms with van der Waals surface area (Å²) in [5, 5.41) is 17.5. The molecule has 2 heterocycles. The van der Waals surface area contributed by atoms with Crippen LogP contribution in [-0.4, -0.2) is 39.0 Å². The van der Waals surface area contributed by atoms with Gasteiger partial charge < -0.3 is 16.4 Å². The van der Waals surface area contributed by atoms with E-state index in [2.05, 4.69) is 25.6 Å². The molecule has 0 amide bonds. The van der Waals surface area contributed by atoms with Crippen molar-refractivity contribution in [2.75, 3.05) is 23.7 Å². The van der Waals surface area contributed by atoms with Crippen molar-refractivity contribution in [2.45, 2.75) is 38.1 Å². The Morgan fingerprint density at radius 1 is 1.19 bits per heavy atom. The second-order valence-corrected chi connectivity index (χ2v) is 6.84. The molecule has 27 heavy (non-hydrogen) atoms. The molecule has 0 unspecified atom stereocenters. The Kier molecular flexibility index (Phi) is 6.48. The lowest BCUT2D eigenvalue weighted by molar-refractivity contribution is -0.384. The topological polar surface area (TPSA) is 132 Å². The molecule has 1 fully saturated rings. The first kappa shape index (κ1) is 19.0. The van der Waals surface area contributed by atoms with Crippen LogP contribution in [-0.2, 0) is 6.42 Å². The van der Waals surface area contributed by atoms with E-state index in [1.165, 1.54) is 6.20 Å². The van der Waals surface area contributed by atoms with E-state index < -0.39 is 4.92 Å². The van der Waals surface area contributed by atoms with Crippen LogP contribution in [0, 0.1) is 16.0 Å². The molecule has 0 atom stereocenters. The number of aromatic nitrogens is 3. The third-order valence-electron chi connectivity index (χ3n) is 4.81. The Bertz CT molecular complexity index is 749. The van der Waals surface area contributed by atoms with Crippen molar-refractivity contribution in [3.05, 3.63) is 46.4 Å². The maximum absolute atomic E-state index is 11.3. The molecule has 3 rings (SSSR count). The molecule has 144 valence electrons. The van der Waals surface area contributed by atoms with Gasteiger partial charge in [-0.05, 0) is 43.7 Å². The molecule has 0 radical (unpaired) electrons. The second kappa shape index (κ2) is 9.22. The fourth-order valence-electron chi connectivity index (χ4n) is 3.21. The highest BCUT2D eigenvalue weighted by Gasteiger charge is 2.21. The Hall–Kier alpha value is -2.81. The minimum Gasteiger partial charge on any atom is -0.364 e. The van der Waals surface area contributed by atoms with Crippen molar-refractivity contribution >= 4 is 17.5 Å². The van der Waals surface area contributed by atoms with Gasteiger partial charge in [-0.2, -0.15) is 4.98 Å². The molecule has 1 saturated carbocycles. The van der Waals surface area contributed by atoms with Crippen LogP contribution in [0.2, 0.25) is 0 Å². The quantitative estimate of drug-likeness (QED) is 0.476. The zero-order valence-corrected chi connectivity index (χ0v) is 15.2. The van der Waals surface area contributed by atoms with E-state index >= 15 is 0 Å². The van der Waals surface area contributed by atoms with Crippen molar-refractivity contribution in [3.63, 3.8) is 0 Å². The number of nitrogens with two attached hydrogens (primary N) is 1. The Morgan fingerprint density at radius 3 is 2.70 bits per heavy atom. The van der Waals surface area contributed by atoms with Crippen molar-refractivity contribution in [3.8, 4) is 0 Å². The highest BCUT2D eigenvalue weighted by Crippen LogP contribution is 2.26. The summed E-state index contributed by atoms with van der Waals surface area (Å²) in [6.07, 6.45) is 7.76. The summed E-state index contributed by atoms with van der Waals surface area (Å²) in [7, 11) is 0. The van der Waals surface area contributed by atoms with Gasteiger partial charge in [-0.25, -0.2) is 4.98 Å². The second-order valence-electron chi connectivity index (χ2n) is 6.84. The van der Waals surface area contributed by atoms with Gasteiger partial charge >= 0.3 is 5.69 Å². The summed E-state index contributed by atoms with van der Waals surface area (Å²) in [5.41, 5.74) is 6.78. The summed E-state index contributed by atoms with van der Waals surface area (Å²) >= 11 is 0. The van der Waals surface area contributed by atoms with Crippen LogP contribution in [0.1, 0.15) is 31.4 Å². The summed E-state index contributed by atoms with van der Waals surface area (Å²) < 4.78 is 0. The summed E-state index contributed by atoms with van der Waals surface area (Å²) in [4.78, 5) is 23.4. The molecule has 1 aliphatic carbocycles. The highest BCUT2D eigenvalue weighted by atomic mass is 16.6. The molecule has 0 bridgehead atoms. The molecule has 2 aromatic rings. The molecule has 4 N–H and O–H groups in total. The molecule has 0 aromatic carbocycles. The minimum atomic E-state index is -0.462. The minimum absolute atomic E-state index is 0.113. The Labute approximate surface area is 158 Å². The lowest BCUT2D eigenvalue weighted by atomic mass is 9.86. The number of nitrogens with one attached hydrogen (secondary N) is 2. The van der Waals surface area contributed by atoms with Gasteiger partial charge in [-0.3, -0.25) is 15.1 Å². The smallest absolute Gasteiger partial charge is 0.329 e. The normalized spacial score (nSPS) is 19.4. The van der Waals surface area contributed by atoms with Crippen LogP contribution in [0.15, 0.2) is 30.6 Å². The lowest BCUT2D eigenvalue weighted by Crippen LogP contribution is -2.29. The molecule has 2 aromatic heterocycles. The number of hydrogen-bond donors (Lipinski definition) is 3. The zero-order chi connectivity index (χ0) is 19.1. The van der Waals surface area contributed by atoms with E-state index in [1.54, 1.807) is 6.20 Å². The molecular weight excluding hydrogens is 346 g/mol. The van der Waals surface area contributed by atoms with E-state index in [1.807, 2.05) is 18.2 Å². The third kappa shape index (κ3) is 5.58. The highest BCUT2D eigenvalue weighted by molar-refractivity contribution is 5.57. The number of anilines is 2. The van der Waals surface area contributed by atoms with Gasteiger partial charge in [0.2, 0.25) is 11.8 Å². The van der Waals surface area contributed by atoms with Crippen LogP contribution in [0.5, 0.6) is 0 Å². The van der Waals surface area contributed by atoms with E-state index in [0.29, 0.717) is 31.4 Å². The third-order valence-corrected chi connectivity index (χ3v) is 4.81. The summed E-state index contributed by atoms with van der Waals surface area (Å²) in [6, 6.07) is 6.03. The predicted octanol–water partition coefficient (Wildman–Crippen LogP) is 2.36. The van der Waals surface area contributed by atoms with E-state index in [9.17, 15) is 10.1 Å². The van der Waals surface area contributed by atoms with Crippen LogP contribution in [0.3, 0.4) is 0 Å². The molecule has 0 saturated heterocycles. The van der Waals surface area contributed by atoms with Gasteiger partial charge in [-0.1, -0.05) is 6.07 Å². The fourth-order valence-corrected chi connectivity index (χ4v) is 3.21. The number of rotatable bonds is 8. The number of nitro groups is 1. The van der Waals surface area contributed by atoms with Crippen molar-refractivity contribution < 1.29 is 4.92 Å². The van der Waals surface area contributed by atoms with Gasteiger partial charge in [0, 0.05) is 37.4 Å². The number of nitrogens with zero attached hydrogens (tertiary/aromatic N) is 4. The standard InChI is InChI=1S/C18H25N7O2/c19-14-6-4-13(5-7-14)11-22-17-16(25(26)27)12-23-18(24-17)21-10-8-15-3-1-2-9-20-15/h1-3,9,12-14H,4-8,10-11,19H2,(H2,21,22,23,24). The molecule has 1 aliphatic rings. The Balaban J connectivity index is 1.59. The van der Waals surface area contributed by atoms with E-state index in [-0.39, 0.29) is 17.5 Å². The van der Waals surface area contributed by atoms with Gasteiger partial charge in [0.15, 0.2) is 0 Å². The largest absolute Gasteiger partial charge is 0.364 e. The first-order valence-corrected chi connectivity index (χ1v) is 9.26. The van der Waals surface area contributed by atoms with Crippen molar-refractivity contribution in [1.29, 1.82) is 0 Å². The van der Waals surface area contributed by atoms with Crippen LogP contribution in [0.4, 0.5) is 17.5 Å². The van der Waals surface area contributed by atoms with E-state index in [4.69, 9.17) is 5.73 Å². The first-order valence-electron chi connectivity index (χ1n) is 9.26. The molecule has 9 nitrogen and oxygen atoms in total. The summed E-state index contributed by atoms with van der Waals surface area (Å²) in [5.74, 6) is 1.08. The fraction of sp³-hybridized carbons (Fsp3) is 0.500. The zero-order valence-electron chi connectivity index (χ0n) is 15.2. The summed E-state index contributed by atoms with van der Waals surface area (Å²) in [6.45, 7) is 1.24. The molecule has 0 aliphatic heterocycles. The predicted molar refractivity (Wildman–Crippen MR) is 104 cm³/mol. The Morgan fingerprint density at radius 2 is 2.00 bits per heavy atom. The van der Waals surface area contributed by atoms with E-state index in [0.717, 1.165) is 31.4 Å². The molecular formula is C18H25N7O2. The van der Waals surface area contributed by atoms with Crippen molar-refractivity contribution in [1.82, 2.24) is 15.0 Å². The van der Waals surface area contributed by atoms with Crippen LogP contribution >= 0.6 is 0 Å². The average molecular weight is 371 g/mol. The maximum atomic E-state index is 11.3. The van der Waals surface area contributed by atoms with Gasteiger partial charge in [0.25, 0.3) is 0 Å². The number of hydrogen-bond acceptors (Lipinski definition) is 8. The molecule has 9 heteroatoms. The van der Waals surface area contributed by atoms with Crippen LogP contribution < -0.4 is 16.4 Å². The maximum Gasteiger partial charge on any atom is 0.329 e. The molecule has 0 spiro atoms. The van der Waals surface area contributed by atoms with Gasteiger partial charge in [-0.15, -0.1) is 0 Å². The first-order chi connectivity index (χ1) is 13.1. The monoisotopic (exact) mass is 371 g/mol. The van der Waals surface area contributed by atoms with Crippen molar-refractivity contribution in [2.24, 2.45) is 11.7 Å². The van der Waals surface area contributed by atoms with Crippen LogP contribution in [0.25, 0.3) is 0 Å². The van der Waals surface area contributed by atoms with Gasteiger partial charge in [0.1, 0.15) is 6.20 Å². The average Bonchev–Trinajstić information content (AvgIpc) is 2.68. The number of pyridine rings is 1. The lowest BCUT2D eigenvalue weighted by Gasteiger charge is -2.26. The SMILES string of the molecule is NC1CCC(CNc2nc(NCCc3ccccn3)ncc2[N+](=O)[O-])CC1. The van der Waals surface area contributed by atoms with Gasteiger partial charge in [0.05, 0.1) is 4.92 Å².